The maximum absolute atomic E-state index is 13.7. The summed E-state index contributed by atoms with van der Waals surface area (Å²) in [5.41, 5.74) is 1.35. The molecule has 0 bridgehead atoms. The number of fused-ring (bicyclic) bond motifs is 1. The van der Waals surface area contributed by atoms with E-state index < -0.39 is 5.60 Å². The molecule has 10 heteroatoms. The minimum absolute atomic E-state index is 0.00494. The molecule has 4 aliphatic rings. The molecule has 1 aliphatic carbocycles. The van der Waals surface area contributed by atoms with Crippen molar-refractivity contribution in [2.24, 2.45) is 16.7 Å². The number of hydrogen-bond donors (Lipinski definition) is 0. The SMILES string of the molecule is [C-]#[N+]c1ccc(OC2C(C)(C)C(N3Cc4nc(C#CC5CCN(C6CN(C(=O)OC(C)(C)C)C6)CC5)ccc4C3=O)C2(C)C)cc1Cl. The molecule has 0 N–H and O–H groups in total. The van der Waals surface area contributed by atoms with E-state index >= 15 is 0 Å². The number of amides is 2. The van der Waals surface area contributed by atoms with Crippen molar-refractivity contribution in [3.05, 3.63) is 63.7 Å². The molecule has 1 aromatic carbocycles. The third-order valence-electron chi connectivity index (χ3n) is 10.1. The Bertz CT molecular complexity index is 1670. The minimum Gasteiger partial charge on any atom is -0.489 e. The fourth-order valence-electron chi connectivity index (χ4n) is 8.23. The van der Waals surface area contributed by atoms with Crippen molar-refractivity contribution >= 4 is 29.3 Å². The van der Waals surface area contributed by atoms with Crippen molar-refractivity contribution in [3.63, 3.8) is 0 Å². The number of hydrogen-bond acceptors (Lipinski definition) is 6. The molecule has 1 saturated carbocycles. The lowest BCUT2D eigenvalue weighted by Crippen LogP contribution is -2.74. The van der Waals surface area contributed by atoms with Gasteiger partial charge in [0, 0.05) is 41.9 Å². The summed E-state index contributed by atoms with van der Waals surface area (Å²) in [6.45, 7) is 25.3. The van der Waals surface area contributed by atoms with Gasteiger partial charge in [-0.1, -0.05) is 51.3 Å². The first-order valence-corrected chi connectivity index (χ1v) is 16.8. The number of likely N-dealkylation sites (tertiary alicyclic amines) is 2. The summed E-state index contributed by atoms with van der Waals surface area (Å²) in [5.74, 6) is 7.65. The molecule has 0 unspecified atom stereocenters. The topological polar surface area (TPSA) is 79.6 Å². The van der Waals surface area contributed by atoms with Gasteiger partial charge in [0.2, 0.25) is 5.69 Å². The van der Waals surface area contributed by atoms with Gasteiger partial charge in [-0.3, -0.25) is 9.69 Å². The van der Waals surface area contributed by atoms with E-state index in [1.807, 2.05) is 37.8 Å². The number of piperidine rings is 1. The van der Waals surface area contributed by atoms with E-state index in [1.54, 1.807) is 23.1 Å². The van der Waals surface area contributed by atoms with Crippen LogP contribution in [0.1, 0.15) is 83.1 Å². The minimum atomic E-state index is -0.476. The summed E-state index contributed by atoms with van der Waals surface area (Å²) in [6, 6.07) is 9.20. The van der Waals surface area contributed by atoms with E-state index in [-0.39, 0.29) is 35.0 Å². The maximum atomic E-state index is 13.7. The zero-order chi connectivity index (χ0) is 33.9. The lowest BCUT2D eigenvalue weighted by atomic mass is 9.49. The standard InChI is InChI=1S/C37H44ClN5O4/c1-35(2,3)47-34(45)42-20-25(21-42)41-17-15-23(16-18-41)9-10-24-11-13-27-30(40-24)22-43(31(27)44)32-36(4,5)33(37(32,6)7)46-26-12-14-29(39-8)28(38)19-26/h11-14,19,23,25,32-33H,15-18,20-22H2,1-7H3. The van der Waals surface area contributed by atoms with Crippen molar-refractivity contribution < 1.29 is 19.1 Å². The highest BCUT2D eigenvalue weighted by Crippen LogP contribution is 2.59. The van der Waals surface area contributed by atoms with Gasteiger partial charge < -0.3 is 19.3 Å². The van der Waals surface area contributed by atoms with Gasteiger partial charge >= 0.3 is 6.09 Å². The predicted octanol–water partition coefficient (Wildman–Crippen LogP) is 6.81. The van der Waals surface area contributed by atoms with Crippen LogP contribution in [-0.4, -0.2) is 81.7 Å². The number of ether oxygens (including phenoxy) is 2. The average molecular weight is 658 g/mol. The fourth-order valence-corrected chi connectivity index (χ4v) is 8.45. The van der Waals surface area contributed by atoms with Crippen LogP contribution < -0.4 is 4.74 Å². The molecule has 1 aromatic heterocycles. The molecule has 2 amide bonds. The number of pyridine rings is 1. The quantitative estimate of drug-likeness (QED) is 0.266. The van der Waals surface area contributed by atoms with Crippen LogP contribution in [0.25, 0.3) is 4.85 Å². The number of benzene rings is 1. The van der Waals surface area contributed by atoms with Crippen LogP contribution in [0.4, 0.5) is 10.5 Å². The second kappa shape index (κ2) is 12.0. The van der Waals surface area contributed by atoms with E-state index in [4.69, 9.17) is 32.6 Å². The first-order valence-electron chi connectivity index (χ1n) is 16.5. The lowest BCUT2D eigenvalue weighted by molar-refractivity contribution is -0.199. The Labute approximate surface area is 283 Å². The average Bonchev–Trinajstić information content (AvgIpc) is 3.27. The Morgan fingerprint density at radius 2 is 1.77 bits per heavy atom. The van der Waals surface area contributed by atoms with E-state index in [0.717, 1.165) is 44.7 Å². The van der Waals surface area contributed by atoms with Crippen LogP contribution in [0.2, 0.25) is 5.02 Å². The monoisotopic (exact) mass is 657 g/mol. The third kappa shape index (κ3) is 6.28. The number of nitrogens with zero attached hydrogens (tertiary/aromatic N) is 5. The number of carbonyl (C=O) groups excluding carboxylic acids is 2. The highest BCUT2D eigenvalue weighted by Gasteiger charge is 2.67. The van der Waals surface area contributed by atoms with Crippen molar-refractivity contribution in [1.82, 2.24) is 19.7 Å². The van der Waals surface area contributed by atoms with Crippen molar-refractivity contribution in [1.29, 1.82) is 0 Å². The number of halogens is 1. The molecule has 0 spiro atoms. The summed E-state index contributed by atoms with van der Waals surface area (Å²) in [6.07, 6.45) is 1.57. The first-order chi connectivity index (χ1) is 22.1. The Morgan fingerprint density at radius 3 is 2.38 bits per heavy atom. The van der Waals surface area contributed by atoms with E-state index in [0.29, 0.717) is 46.2 Å². The molecule has 2 aromatic rings. The fraction of sp³-hybridized carbons (Fsp3) is 0.568. The molecule has 3 aliphatic heterocycles. The van der Waals surface area contributed by atoms with Crippen molar-refractivity contribution in [2.45, 2.75) is 91.6 Å². The van der Waals surface area contributed by atoms with Gasteiger partial charge in [-0.2, -0.15) is 0 Å². The summed E-state index contributed by atoms with van der Waals surface area (Å²) in [7, 11) is 0. The zero-order valence-electron chi connectivity index (χ0n) is 28.4. The highest BCUT2D eigenvalue weighted by atomic mass is 35.5. The van der Waals surface area contributed by atoms with E-state index in [9.17, 15) is 9.59 Å². The summed E-state index contributed by atoms with van der Waals surface area (Å²) in [5, 5.41) is 0.367. The summed E-state index contributed by atoms with van der Waals surface area (Å²) < 4.78 is 11.9. The Hall–Kier alpha value is -3.79. The Kier molecular flexibility index (Phi) is 8.47. The van der Waals surface area contributed by atoms with Gasteiger partial charge in [0.15, 0.2) is 0 Å². The molecule has 248 valence electrons. The largest absolute Gasteiger partial charge is 0.489 e. The van der Waals surface area contributed by atoms with Crippen LogP contribution in [0.5, 0.6) is 5.75 Å². The lowest BCUT2D eigenvalue weighted by Gasteiger charge is -2.65. The van der Waals surface area contributed by atoms with Gasteiger partial charge in [-0.15, -0.1) is 0 Å². The number of rotatable bonds is 4. The Morgan fingerprint density at radius 1 is 1.09 bits per heavy atom. The summed E-state index contributed by atoms with van der Waals surface area (Å²) in [4.78, 5) is 40.4. The number of aromatic nitrogens is 1. The smallest absolute Gasteiger partial charge is 0.410 e. The molecular weight excluding hydrogens is 614 g/mol. The highest BCUT2D eigenvalue weighted by molar-refractivity contribution is 6.33. The van der Waals surface area contributed by atoms with E-state index in [2.05, 4.69) is 49.3 Å². The molecule has 2 saturated heterocycles. The van der Waals surface area contributed by atoms with Crippen LogP contribution in [-0.2, 0) is 11.3 Å². The van der Waals surface area contributed by atoms with Crippen molar-refractivity contribution in [2.75, 3.05) is 26.2 Å². The van der Waals surface area contributed by atoms with Crippen LogP contribution in [0, 0.1) is 35.2 Å². The molecule has 0 atom stereocenters. The van der Waals surface area contributed by atoms with Crippen molar-refractivity contribution in [3.8, 4) is 17.6 Å². The van der Waals surface area contributed by atoms with Crippen LogP contribution in [0.15, 0.2) is 30.3 Å². The molecule has 9 nitrogen and oxygen atoms in total. The molecule has 0 radical (unpaired) electrons. The third-order valence-corrected chi connectivity index (χ3v) is 10.4. The van der Waals surface area contributed by atoms with Gasteiger partial charge in [0.25, 0.3) is 5.91 Å². The normalized spacial score (nSPS) is 23.9. The van der Waals surface area contributed by atoms with Crippen LogP contribution >= 0.6 is 11.6 Å². The number of carbonyl (C=O) groups is 2. The predicted molar refractivity (Wildman–Crippen MR) is 180 cm³/mol. The van der Waals surface area contributed by atoms with Gasteiger partial charge in [-0.25, -0.2) is 14.6 Å². The molecule has 47 heavy (non-hydrogen) atoms. The molecule has 3 fully saturated rings. The zero-order valence-corrected chi connectivity index (χ0v) is 29.1. The van der Waals surface area contributed by atoms with Crippen LogP contribution in [0.3, 0.4) is 0 Å². The second-order valence-corrected chi connectivity index (χ2v) is 15.9. The van der Waals surface area contributed by atoms with E-state index in [1.165, 1.54) is 0 Å². The second-order valence-electron chi connectivity index (χ2n) is 15.5. The maximum Gasteiger partial charge on any atom is 0.410 e. The molecular formula is C37H44ClN5O4. The van der Waals surface area contributed by atoms with Gasteiger partial charge in [0.05, 0.1) is 29.4 Å². The van der Waals surface area contributed by atoms with Gasteiger partial charge in [-0.05, 0) is 76.9 Å². The first kappa shape index (κ1) is 33.1. The van der Waals surface area contributed by atoms with Gasteiger partial charge in [0.1, 0.15) is 23.1 Å². The molecule has 6 rings (SSSR count). The summed E-state index contributed by atoms with van der Waals surface area (Å²) >= 11 is 6.27. The molecule has 4 heterocycles. The Balaban J connectivity index is 1.04.